The maximum atomic E-state index is 12.4. The predicted molar refractivity (Wildman–Crippen MR) is 105 cm³/mol. The van der Waals surface area contributed by atoms with E-state index in [1.165, 1.54) is 40.0 Å². The molecule has 132 valence electrons. The first-order valence-corrected chi connectivity index (χ1v) is 10.4. The lowest BCUT2D eigenvalue weighted by atomic mass is 10.1. The van der Waals surface area contributed by atoms with Crippen molar-refractivity contribution in [1.29, 1.82) is 5.26 Å². The minimum atomic E-state index is -0.820. The van der Waals surface area contributed by atoms with E-state index in [0.717, 1.165) is 11.4 Å². The summed E-state index contributed by atoms with van der Waals surface area (Å²) in [6.45, 7) is 3.87. The lowest BCUT2D eigenvalue weighted by Gasteiger charge is -2.03. The minimum Gasteiger partial charge on any atom is -0.330 e. The van der Waals surface area contributed by atoms with Crippen molar-refractivity contribution in [2.45, 2.75) is 24.1 Å². The second kappa shape index (κ2) is 8.40. The summed E-state index contributed by atoms with van der Waals surface area (Å²) in [6.07, 6.45) is 0. The smallest absolute Gasteiger partial charge is 0.210 e. The van der Waals surface area contributed by atoms with Crippen molar-refractivity contribution in [1.82, 2.24) is 15.2 Å². The van der Waals surface area contributed by atoms with Gasteiger partial charge in [0.1, 0.15) is 5.01 Å². The van der Waals surface area contributed by atoms with E-state index in [9.17, 15) is 10.1 Å². The molecule has 0 amide bonds. The third-order valence-corrected chi connectivity index (χ3v) is 6.40. The van der Waals surface area contributed by atoms with Gasteiger partial charge in [0.25, 0.3) is 0 Å². The molecule has 1 atom stereocenters. The van der Waals surface area contributed by atoms with Crippen molar-refractivity contribution in [3.63, 3.8) is 0 Å². The molecule has 6 nitrogen and oxygen atoms in total. The Bertz CT molecular complexity index is 942. The Kier molecular flexibility index (Phi) is 5.98. The van der Waals surface area contributed by atoms with Gasteiger partial charge in [-0.05, 0) is 26.0 Å². The second-order valence-electron chi connectivity index (χ2n) is 5.51. The Hall–Kier alpha value is -2.28. The number of thiazole rings is 1. The molecule has 2 aromatic heterocycles. The van der Waals surface area contributed by atoms with Crippen LogP contribution >= 0.6 is 34.4 Å². The molecule has 0 fully saturated rings. The Morgan fingerprint density at radius 1 is 1.31 bits per heavy atom. The van der Waals surface area contributed by atoms with Gasteiger partial charge in [-0.2, -0.15) is 5.26 Å². The van der Waals surface area contributed by atoms with E-state index in [1.807, 2.05) is 43.5 Å². The van der Waals surface area contributed by atoms with E-state index < -0.39 is 5.92 Å². The molecule has 2 heterocycles. The number of ketones is 1. The first kappa shape index (κ1) is 18.5. The molecule has 3 rings (SSSR count). The molecule has 1 N–H and O–H groups in total. The van der Waals surface area contributed by atoms with Gasteiger partial charge < -0.3 is 5.32 Å². The highest BCUT2D eigenvalue weighted by Crippen LogP contribution is 2.29. The van der Waals surface area contributed by atoms with Gasteiger partial charge in [-0.1, -0.05) is 40.8 Å². The van der Waals surface area contributed by atoms with Crippen molar-refractivity contribution in [2.75, 3.05) is 11.1 Å². The summed E-state index contributed by atoms with van der Waals surface area (Å²) in [5, 5.41) is 23.7. The SMILES string of the molecule is Cc1ccc(Nc2nnc(SCC(=O)C(C#N)c3nc(C)cs3)s2)cc1. The molecular weight excluding hydrogens is 386 g/mol. The Labute approximate surface area is 163 Å². The molecule has 9 heteroatoms. The summed E-state index contributed by atoms with van der Waals surface area (Å²) in [5.74, 6) is -0.829. The predicted octanol–water partition coefficient (Wildman–Crippen LogP) is 4.32. The number of carbonyl (C=O) groups excluding carboxylic acids is 1. The van der Waals surface area contributed by atoms with E-state index in [4.69, 9.17) is 0 Å². The lowest BCUT2D eigenvalue weighted by molar-refractivity contribution is -0.116. The molecule has 1 aromatic carbocycles. The molecule has 0 aliphatic rings. The van der Waals surface area contributed by atoms with Crippen molar-refractivity contribution >= 4 is 51.0 Å². The molecule has 0 saturated heterocycles. The highest BCUT2D eigenvalue weighted by Gasteiger charge is 2.23. The monoisotopic (exact) mass is 401 g/mol. The van der Waals surface area contributed by atoms with E-state index in [-0.39, 0.29) is 11.5 Å². The number of nitrogens with zero attached hydrogens (tertiary/aromatic N) is 4. The zero-order chi connectivity index (χ0) is 18.5. The molecule has 0 radical (unpaired) electrons. The van der Waals surface area contributed by atoms with Crippen LogP contribution in [0.1, 0.15) is 22.2 Å². The number of anilines is 2. The standard InChI is InChI=1S/C17H15N5OS3/c1-10-3-5-12(6-4-10)20-16-21-22-17(26-16)25-9-14(23)13(7-18)15-19-11(2)8-24-15/h3-6,8,13H,9H2,1-2H3,(H,20,21). The molecule has 3 aromatic rings. The van der Waals surface area contributed by atoms with Crippen molar-refractivity contribution in [3.05, 3.63) is 45.9 Å². The molecule has 1 unspecified atom stereocenters. The fraction of sp³-hybridized carbons (Fsp3) is 0.235. The average Bonchev–Trinajstić information content (AvgIpc) is 3.25. The van der Waals surface area contributed by atoms with E-state index >= 15 is 0 Å². The zero-order valence-electron chi connectivity index (χ0n) is 14.1. The number of Topliss-reactive ketones (excluding diaryl/α,β-unsaturated/α-hetero) is 1. The van der Waals surface area contributed by atoms with Gasteiger partial charge in [-0.15, -0.1) is 21.5 Å². The van der Waals surface area contributed by atoms with Gasteiger partial charge >= 0.3 is 0 Å². The lowest BCUT2D eigenvalue weighted by Crippen LogP contribution is -2.13. The number of thioether (sulfide) groups is 1. The highest BCUT2D eigenvalue weighted by molar-refractivity contribution is 8.01. The number of hydrogen-bond donors (Lipinski definition) is 1. The zero-order valence-corrected chi connectivity index (χ0v) is 16.5. The Morgan fingerprint density at radius 3 is 2.73 bits per heavy atom. The van der Waals surface area contributed by atoms with Gasteiger partial charge in [-0.25, -0.2) is 4.98 Å². The summed E-state index contributed by atoms with van der Waals surface area (Å²) < 4.78 is 0.681. The summed E-state index contributed by atoms with van der Waals surface area (Å²) in [5.41, 5.74) is 2.94. The normalized spacial score (nSPS) is 11.7. The largest absolute Gasteiger partial charge is 0.330 e. The van der Waals surface area contributed by atoms with Crippen LogP contribution in [0.2, 0.25) is 0 Å². The number of carbonyl (C=O) groups is 1. The third-order valence-electron chi connectivity index (χ3n) is 3.38. The highest BCUT2D eigenvalue weighted by atomic mass is 32.2. The fourth-order valence-electron chi connectivity index (χ4n) is 2.06. The summed E-state index contributed by atoms with van der Waals surface area (Å²) in [4.78, 5) is 16.6. The van der Waals surface area contributed by atoms with Crippen LogP contribution in [-0.4, -0.2) is 26.7 Å². The first-order chi connectivity index (χ1) is 12.5. The van der Waals surface area contributed by atoms with Crippen LogP contribution in [0.15, 0.2) is 34.0 Å². The van der Waals surface area contributed by atoms with Crippen LogP contribution in [0.3, 0.4) is 0 Å². The number of benzene rings is 1. The average molecular weight is 402 g/mol. The van der Waals surface area contributed by atoms with Crippen LogP contribution < -0.4 is 5.32 Å². The number of aryl methyl sites for hydroxylation is 2. The van der Waals surface area contributed by atoms with Gasteiger partial charge in [0.05, 0.1) is 11.8 Å². The first-order valence-electron chi connectivity index (χ1n) is 7.69. The van der Waals surface area contributed by atoms with Crippen LogP contribution in [0, 0.1) is 25.2 Å². The third kappa shape index (κ3) is 4.66. The Morgan fingerprint density at radius 2 is 2.08 bits per heavy atom. The Balaban J connectivity index is 1.58. The number of hydrogen-bond acceptors (Lipinski definition) is 9. The van der Waals surface area contributed by atoms with Crippen LogP contribution in [0.25, 0.3) is 0 Å². The van der Waals surface area contributed by atoms with E-state index in [1.54, 1.807) is 0 Å². The van der Waals surface area contributed by atoms with Gasteiger partial charge in [0.15, 0.2) is 16.0 Å². The molecule has 0 spiro atoms. The number of rotatable bonds is 7. The van der Waals surface area contributed by atoms with Crippen molar-refractivity contribution in [3.8, 4) is 6.07 Å². The number of nitrogens with one attached hydrogen (secondary N) is 1. The molecular formula is C17H15N5OS3. The van der Waals surface area contributed by atoms with Crippen molar-refractivity contribution in [2.24, 2.45) is 0 Å². The van der Waals surface area contributed by atoms with Gasteiger partial charge in [0, 0.05) is 16.8 Å². The summed E-state index contributed by atoms with van der Waals surface area (Å²) in [6, 6.07) is 10.0. The van der Waals surface area contributed by atoms with Crippen LogP contribution in [0.5, 0.6) is 0 Å². The molecule has 0 bridgehead atoms. The molecule has 0 aliphatic heterocycles. The number of nitriles is 1. The van der Waals surface area contributed by atoms with E-state index in [2.05, 4.69) is 26.6 Å². The van der Waals surface area contributed by atoms with Crippen LogP contribution in [0.4, 0.5) is 10.8 Å². The molecule has 26 heavy (non-hydrogen) atoms. The van der Waals surface area contributed by atoms with Gasteiger partial charge in [0.2, 0.25) is 5.13 Å². The molecule has 0 aliphatic carbocycles. The van der Waals surface area contributed by atoms with Gasteiger partial charge in [-0.3, -0.25) is 4.79 Å². The molecule has 0 saturated carbocycles. The summed E-state index contributed by atoms with van der Waals surface area (Å²) in [7, 11) is 0. The maximum absolute atomic E-state index is 12.4. The van der Waals surface area contributed by atoms with Crippen LogP contribution in [-0.2, 0) is 4.79 Å². The fourth-order valence-corrected chi connectivity index (χ4v) is 4.60. The maximum Gasteiger partial charge on any atom is 0.210 e. The quantitative estimate of drug-likeness (QED) is 0.589. The topological polar surface area (TPSA) is 91.6 Å². The van der Waals surface area contributed by atoms with Crippen molar-refractivity contribution < 1.29 is 4.79 Å². The summed E-state index contributed by atoms with van der Waals surface area (Å²) >= 11 is 4.00. The minimum absolute atomic E-state index is 0.163. The second-order valence-corrected chi connectivity index (χ2v) is 8.60. The number of aromatic nitrogens is 3. The van der Waals surface area contributed by atoms with E-state index in [0.29, 0.717) is 14.5 Å².